The second-order valence-electron chi connectivity index (χ2n) is 10.6. The first-order valence-electron chi connectivity index (χ1n) is 12.3. The van der Waals surface area contributed by atoms with Gasteiger partial charge in [0.25, 0.3) is 0 Å². The molecule has 1 amide bonds. The lowest BCUT2D eigenvalue weighted by Gasteiger charge is -2.44. The van der Waals surface area contributed by atoms with Crippen LogP contribution in [0, 0.1) is 11.8 Å². The normalized spacial score (nSPS) is 37.5. The van der Waals surface area contributed by atoms with E-state index in [0.717, 1.165) is 51.9 Å². The Morgan fingerprint density at radius 3 is 2.76 bits per heavy atom. The molecule has 5 rings (SSSR count). The molecule has 3 aliphatic heterocycles. The number of likely N-dealkylation sites (tertiary alicyclic amines) is 1. The summed E-state index contributed by atoms with van der Waals surface area (Å²) in [7, 11) is 1.71. The van der Waals surface area contributed by atoms with Crippen molar-refractivity contribution >= 4 is 6.09 Å². The Balaban J connectivity index is 1.17. The summed E-state index contributed by atoms with van der Waals surface area (Å²) in [6, 6.07) is 1.93. The summed E-state index contributed by atoms with van der Waals surface area (Å²) in [5.74, 6) is 0.548. The Bertz CT molecular complexity index is 873. The molecule has 3 saturated heterocycles. The van der Waals surface area contributed by atoms with E-state index in [2.05, 4.69) is 31.9 Å². The minimum Gasteiger partial charge on any atom is -0.443 e. The van der Waals surface area contributed by atoms with E-state index in [1.807, 2.05) is 16.9 Å². The van der Waals surface area contributed by atoms with Gasteiger partial charge in [-0.1, -0.05) is 11.6 Å². The molecule has 33 heavy (non-hydrogen) atoms. The predicted octanol–water partition coefficient (Wildman–Crippen LogP) is 3.42. The molecule has 1 aromatic rings. The van der Waals surface area contributed by atoms with Gasteiger partial charge in [-0.2, -0.15) is 5.10 Å². The number of hydrogen-bond donors (Lipinski definition) is 0. The van der Waals surface area contributed by atoms with Gasteiger partial charge in [0.15, 0.2) is 0 Å². The maximum atomic E-state index is 12.9. The number of amides is 1. The standard InChI is InChI=1S/C25H37N3O5/c1-17(2)6-7-20-24(3,33-20)22-21(30-4)19(8-10-25(22)16-31-25)32-23(29)27-14-18(15-27)9-13-28-12-5-11-26-28/h5-6,11-12,18-22H,7-10,13-16H2,1-4H3/t19-,20-,21-,22?,24+,25+/m1/s1. The maximum absolute atomic E-state index is 12.9. The fourth-order valence-corrected chi connectivity index (χ4v) is 5.92. The Morgan fingerprint density at radius 2 is 2.12 bits per heavy atom. The molecule has 1 aromatic heterocycles. The third-order valence-corrected chi connectivity index (χ3v) is 8.03. The highest BCUT2D eigenvalue weighted by Crippen LogP contribution is 2.59. The van der Waals surface area contributed by atoms with Crippen LogP contribution in [0.1, 0.15) is 46.5 Å². The predicted molar refractivity (Wildman–Crippen MR) is 122 cm³/mol. The first-order chi connectivity index (χ1) is 15.8. The number of aryl methyl sites for hydroxylation is 1. The number of carbonyl (C=O) groups is 1. The Hall–Kier alpha value is -1.90. The van der Waals surface area contributed by atoms with Crippen molar-refractivity contribution in [3.05, 3.63) is 30.1 Å². The van der Waals surface area contributed by atoms with Crippen LogP contribution in [-0.2, 0) is 25.5 Å². The van der Waals surface area contributed by atoms with E-state index < -0.39 is 0 Å². The lowest BCUT2D eigenvalue weighted by Crippen LogP contribution is -2.57. The zero-order valence-corrected chi connectivity index (χ0v) is 20.2. The highest BCUT2D eigenvalue weighted by atomic mass is 16.6. The van der Waals surface area contributed by atoms with E-state index in [1.54, 1.807) is 18.2 Å². The largest absolute Gasteiger partial charge is 0.443 e. The molecule has 0 radical (unpaired) electrons. The topological polar surface area (TPSA) is 81.7 Å². The van der Waals surface area contributed by atoms with Crippen molar-refractivity contribution in [3.63, 3.8) is 0 Å². The number of nitrogens with zero attached hydrogens (tertiary/aromatic N) is 3. The third kappa shape index (κ3) is 4.45. The monoisotopic (exact) mass is 459 g/mol. The van der Waals surface area contributed by atoms with E-state index in [9.17, 15) is 4.79 Å². The SMILES string of the molecule is CO[C@H]1C([C@@]2(C)O[C@@H]2CC=C(C)C)[C@]2(CC[C@H]1OC(=O)N1CC(CCn3cccn3)C1)CO2. The van der Waals surface area contributed by atoms with Gasteiger partial charge < -0.3 is 23.8 Å². The first kappa shape index (κ1) is 22.9. The molecule has 182 valence electrons. The molecule has 0 N–H and O–H groups in total. The number of carbonyl (C=O) groups excluding carboxylic acids is 1. The van der Waals surface area contributed by atoms with Crippen molar-refractivity contribution < 1.29 is 23.7 Å². The molecule has 4 heterocycles. The highest BCUT2D eigenvalue weighted by molar-refractivity contribution is 5.69. The van der Waals surface area contributed by atoms with Crippen molar-refractivity contribution in [3.8, 4) is 0 Å². The quantitative estimate of drug-likeness (QED) is 0.438. The van der Waals surface area contributed by atoms with Crippen LogP contribution in [-0.4, -0.2) is 77.1 Å². The van der Waals surface area contributed by atoms with Gasteiger partial charge in [-0.15, -0.1) is 0 Å². The minimum absolute atomic E-state index is 0.0512. The minimum atomic E-state index is -0.317. The summed E-state index contributed by atoms with van der Waals surface area (Å²) in [6.07, 6.45) is 8.93. The lowest BCUT2D eigenvalue weighted by molar-refractivity contribution is -0.124. The van der Waals surface area contributed by atoms with E-state index >= 15 is 0 Å². The summed E-state index contributed by atoms with van der Waals surface area (Å²) >= 11 is 0. The van der Waals surface area contributed by atoms with Gasteiger partial charge in [-0.05, 0) is 58.4 Å². The Kier molecular flexibility index (Phi) is 6.04. The number of ether oxygens (including phenoxy) is 4. The number of rotatable bonds is 8. The van der Waals surface area contributed by atoms with Crippen molar-refractivity contribution in [2.45, 2.75) is 82.5 Å². The molecule has 8 heteroatoms. The molecule has 6 atom stereocenters. The Morgan fingerprint density at radius 1 is 1.33 bits per heavy atom. The van der Waals surface area contributed by atoms with Gasteiger partial charge in [0.05, 0.1) is 18.6 Å². The van der Waals surface area contributed by atoms with Crippen LogP contribution < -0.4 is 0 Å². The first-order valence-corrected chi connectivity index (χ1v) is 12.3. The van der Waals surface area contributed by atoms with E-state index in [0.29, 0.717) is 5.92 Å². The average molecular weight is 460 g/mol. The summed E-state index contributed by atoms with van der Waals surface area (Å²) in [5, 5.41) is 4.24. The average Bonchev–Trinajstić information content (AvgIpc) is 3.59. The number of aromatic nitrogens is 2. The smallest absolute Gasteiger partial charge is 0.410 e. The molecule has 0 bridgehead atoms. The van der Waals surface area contributed by atoms with Crippen LogP contribution in [0.15, 0.2) is 30.1 Å². The molecule has 1 unspecified atom stereocenters. The van der Waals surface area contributed by atoms with Gasteiger partial charge in [-0.3, -0.25) is 4.68 Å². The molecule has 8 nitrogen and oxygen atoms in total. The van der Waals surface area contributed by atoms with Crippen LogP contribution in [0.2, 0.25) is 0 Å². The van der Waals surface area contributed by atoms with Crippen molar-refractivity contribution in [2.24, 2.45) is 11.8 Å². The van der Waals surface area contributed by atoms with Crippen LogP contribution >= 0.6 is 0 Å². The van der Waals surface area contributed by atoms with Crippen LogP contribution in [0.4, 0.5) is 4.79 Å². The summed E-state index contributed by atoms with van der Waals surface area (Å²) in [5.41, 5.74) is 0.774. The van der Waals surface area contributed by atoms with Crippen molar-refractivity contribution in [1.29, 1.82) is 0 Å². The van der Waals surface area contributed by atoms with E-state index in [1.165, 1.54) is 5.57 Å². The molecular weight excluding hydrogens is 422 g/mol. The molecule has 4 aliphatic rings. The van der Waals surface area contributed by atoms with Crippen LogP contribution in [0.5, 0.6) is 0 Å². The zero-order valence-electron chi connectivity index (χ0n) is 20.2. The number of methoxy groups -OCH3 is 1. The van der Waals surface area contributed by atoms with Crippen LogP contribution in [0.3, 0.4) is 0 Å². The molecule has 0 aromatic carbocycles. The van der Waals surface area contributed by atoms with E-state index in [-0.39, 0.29) is 41.5 Å². The summed E-state index contributed by atoms with van der Waals surface area (Å²) in [6.45, 7) is 9.48. The lowest BCUT2D eigenvalue weighted by atomic mass is 9.68. The van der Waals surface area contributed by atoms with Gasteiger partial charge in [-0.25, -0.2) is 4.79 Å². The zero-order chi connectivity index (χ0) is 23.2. The van der Waals surface area contributed by atoms with Crippen LogP contribution in [0.25, 0.3) is 0 Å². The van der Waals surface area contributed by atoms with E-state index in [4.69, 9.17) is 18.9 Å². The van der Waals surface area contributed by atoms with Crippen molar-refractivity contribution in [2.75, 3.05) is 26.8 Å². The molecule has 1 saturated carbocycles. The number of epoxide rings is 2. The number of allylic oxidation sites excluding steroid dienone is 1. The number of hydrogen-bond acceptors (Lipinski definition) is 6. The van der Waals surface area contributed by atoms with Gasteiger partial charge >= 0.3 is 6.09 Å². The molecule has 1 spiro atoms. The maximum Gasteiger partial charge on any atom is 0.410 e. The molecule has 1 aliphatic carbocycles. The molecular formula is C25H37N3O5. The van der Waals surface area contributed by atoms with Gasteiger partial charge in [0.1, 0.15) is 23.4 Å². The third-order valence-electron chi connectivity index (χ3n) is 8.03. The summed E-state index contributed by atoms with van der Waals surface area (Å²) in [4.78, 5) is 14.7. The van der Waals surface area contributed by atoms with Gasteiger partial charge in [0.2, 0.25) is 0 Å². The summed E-state index contributed by atoms with van der Waals surface area (Å²) < 4.78 is 26.2. The van der Waals surface area contributed by atoms with Gasteiger partial charge in [0, 0.05) is 39.1 Å². The fourth-order valence-electron chi connectivity index (χ4n) is 5.92. The second-order valence-corrected chi connectivity index (χ2v) is 10.6. The molecule has 4 fully saturated rings. The second kappa shape index (κ2) is 8.71. The Labute approximate surface area is 196 Å². The highest BCUT2D eigenvalue weighted by Gasteiger charge is 2.72. The van der Waals surface area contributed by atoms with Crippen molar-refractivity contribution in [1.82, 2.24) is 14.7 Å². The fraction of sp³-hybridized carbons (Fsp3) is 0.760.